The second kappa shape index (κ2) is 7.25. The molecule has 0 heterocycles. The molecule has 0 amide bonds. The summed E-state index contributed by atoms with van der Waals surface area (Å²) < 4.78 is 10.2. The van der Waals surface area contributed by atoms with Crippen LogP contribution in [0.2, 0.25) is 0 Å². The molecule has 1 atom stereocenters. The van der Waals surface area contributed by atoms with Crippen molar-refractivity contribution >= 4 is 5.78 Å². The van der Waals surface area contributed by atoms with E-state index in [0.29, 0.717) is 13.2 Å². The minimum absolute atomic E-state index is 0.0428. The number of carbonyl (C=O) groups excluding carboxylic acids is 1. The number of Topliss-reactive ketones (excluding diaryl/α,β-unsaturated/α-hetero) is 1. The molecule has 0 saturated carbocycles. The lowest BCUT2D eigenvalue weighted by Gasteiger charge is -2.12. The summed E-state index contributed by atoms with van der Waals surface area (Å²) in [4.78, 5) is 11.3. The molecule has 72 valence electrons. The second-order valence-electron chi connectivity index (χ2n) is 2.46. The summed E-state index contributed by atoms with van der Waals surface area (Å²) in [6, 6.07) is 0. The van der Waals surface area contributed by atoms with Crippen molar-refractivity contribution in [1.82, 2.24) is 0 Å². The van der Waals surface area contributed by atoms with Gasteiger partial charge in [0, 0.05) is 13.2 Å². The van der Waals surface area contributed by atoms with Crippen LogP contribution in [0.25, 0.3) is 0 Å². The molecule has 0 spiro atoms. The van der Waals surface area contributed by atoms with Gasteiger partial charge in [-0.2, -0.15) is 0 Å². The first-order valence-electron chi connectivity index (χ1n) is 4.48. The predicted molar refractivity (Wildman–Crippen MR) is 47.2 cm³/mol. The SMILES string of the molecule is CCOCC(=O)C(CC)OCC. The minimum atomic E-state index is -0.276. The van der Waals surface area contributed by atoms with Gasteiger partial charge in [0.05, 0.1) is 0 Å². The summed E-state index contributed by atoms with van der Waals surface area (Å²) in [5.41, 5.74) is 0. The molecule has 0 aromatic rings. The third-order valence-electron chi connectivity index (χ3n) is 1.55. The average molecular weight is 174 g/mol. The van der Waals surface area contributed by atoms with Crippen LogP contribution in [0, 0.1) is 0 Å². The molecule has 0 N–H and O–H groups in total. The molecule has 0 radical (unpaired) electrons. The first-order valence-corrected chi connectivity index (χ1v) is 4.48. The van der Waals surface area contributed by atoms with Crippen molar-refractivity contribution in [2.75, 3.05) is 19.8 Å². The van der Waals surface area contributed by atoms with Gasteiger partial charge in [-0.1, -0.05) is 6.92 Å². The maximum absolute atomic E-state index is 11.3. The van der Waals surface area contributed by atoms with Crippen molar-refractivity contribution in [3.8, 4) is 0 Å². The molecule has 0 rings (SSSR count). The fourth-order valence-electron chi connectivity index (χ4n) is 0.935. The Morgan fingerprint density at radius 2 is 1.92 bits per heavy atom. The highest BCUT2D eigenvalue weighted by Gasteiger charge is 2.15. The standard InChI is InChI=1S/C9H18O3/c1-4-9(12-6-3)8(10)7-11-5-2/h9H,4-7H2,1-3H3. The molecular formula is C9H18O3. The summed E-state index contributed by atoms with van der Waals surface area (Å²) in [6.07, 6.45) is 0.446. The van der Waals surface area contributed by atoms with Gasteiger partial charge in [-0.15, -0.1) is 0 Å². The minimum Gasteiger partial charge on any atom is -0.374 e. The van der Waals surface area contributed by atoms with Crippen LogP contribution in [0.5, 0.6) is 0 Å². The van der Waals surface area contributed by atoms with Crippen molar-refractivity contribution in [1.29, 1.82) is 0 Å². The maximum Gasteiger partial charge on any atom is 0.187 e. The fourth-order valence-corrected chi connectivity index (χ4v) is 0.935. The van der Waals surface area contributed by atoms with E-state index in [-0.39, 0.29) is 18.5 Å². The Bertz CT molecular complexity index is 123. The fraction of sp³-hybridized carbons (Fsp3) is 0.889. The maximum atomic E-state index is 11.3. The summed E-state index contributed by atoms with van der Waals surface area (Å²) in [5, 5.41) is 0. The van der Waals surface area contributed by atoms with E-state index in [1.807, 2.05) is 20.8 Å². The molecule has 0 aliphatic heterocycles. The molecule has 0 aliphatic rings. The van der Waals surface area contributed by atoms with Crippen molar-refractivity contribution in [2.24, 2.45) is 0 Å². The number of carbonyl (C=O) groups is 1. The van der Waals surface area contributed by atoms with Crippen molar-refractivity contribution in [3.63, 3.8) is 0 Å². The molecule has 0 aromatic carbocycles. The Hall–Kier alpha value is -0.410. The second-order valence-corrected chi connectivity index (χ2v) is 2.46. The van der Waals surface area contributed by atoms with E-state index < -0.39 is 0 Å². The van der Waals surface area contributed by atoms with Crippen LogP contribution in [-0.2, 0) is 14.3 Å². The van der Waals surface area contributed by atoms with E-state index in [4.69, 9.17) is 9.47 Å². The number of hydrogen-bond acceptors (Lipinski definition) is 3. The van der Waals surface area contributed by atoms with Gasteiger partial charge >= 0.3 is 0 Å². The summed E-state index contributed by atoms with van der Waals surface area (Å²) in [5.74, 6) is 0.0428. The van der Waals surface area contributed by atoms with Gasteiger partial charge in [-0.25, -0.2) is 0 Å². The quantitative estimate of drug-likeness (QED) is 0.585. The Labute approximate surface area is 74.0 Å². The number of ether oxygens (including phenoxy) is 2. The molecule has 3 heteroatoms. The van der Waals surface area contributed by atoms with E-state index in [1.165, 1.54) is 0 Å². The first kappa shape index (κ1) is 11.6. The van der Waals surface area contributed by atoms with Crippen LogP contribution in [0.15, 0.2) is 0 Å². The van der Waals surface area contributed by atoms with E-state index in [0.717, 1.165) is 6.42 Å². The molecule has 0 aliphatic carbocycles. The molecule has 1 unspecified atom stereocenters. The Balaban J connectivity index is 3.69. The monoisotopic (exact) mass is 174 g/mol. The van der Waals surface area contributed by atoms with E-state index in [2.05, 4.69) is 0 Å². The number of hydrogen-bond donors (Lipinski definition) is 0. The van der Waals surface area contributed by atoms with Crippen LogP contribution < -0.4 is 0 Å². The molecule has 0 aromatic heterocycles. The first-order chi connectivity index (χ1) is 5.76. The van der Waals surface area contributed by atoms with E-state index in [1.54, 1.807) is 0 Å². The highest BCUT2D eigenvalue weighted by Crippen LogP contribution is 1.99. The zero-order chi connectivity index (χ0) is 9.40. The average Bonchev–Trinajstić information content (AvgIpc) is 2.10. The van der Waals surface area contributed by atoms with Gasteiger partial charge in [0.1, 0.15) is 12.7 Å². The largest absolute Gasteiger partial charge is 0.374 e. The lowest BCUT2D eigenvalue weighted by atomic mass is 10.2. The zero-order valence-corrected chi connectivity index (χ0v) is 8.13. The van der Waals surface area contributed by atoms with Gasteiger partial charge in [0.15, 0.2) is 5.78 Å². The normalized spacial score (nSPS) is 12.9. The summed E-state index contributed by atoms with van der Waals surface area (Å²) in [6.45, 7) is 7.02. The van der Waals surface area contributed by atoms with Crippen LogP contribution >= 0.6 is 0 Å². The van der Waals surface area contributed by atoms with Crippen LogP contribution in [0.3, 0.4) is 0 Å². The van der Waals surface area contributed by atoms with Gasteiger partial charge in [0.2, 0.25) is 0 Å². The van der Waals surface area contributed by atoms with Crippen LogP contribution in [-0.4, -0.2) is 31.7 Å². The molecular weight excluding hydrogens is 156 g/mol. The summed E-state index contributed by atoms with van der Waals surface area (Å²) in [7, 11) is 0. The lowest BCUT2D eigenvalue weighted by Crippen LogP contribution is -2.27. The highest BCUT2D eigenvalue weighted by atomic mass is 16.5. The molecule has 0 fully saturated rings. The van der Waals surface area contributed by atoms with Crippen molar-refractivity contribution < 1.29 is 14.3 Å². The third-order valence-corrected chi connectivity index (χ3v) is 1.55. The molecule has 12 heavy (non-hydrogen) atoms. The zero-order valence-electron chi connectivity index (χ0n) is 8.13. The van der Waals surface area contributed by atoms with Crippen LogP contribution in [0.1, 0.15) is 27.2 Å². The van der Waals surface area contributed by atoms with Crippen molar-refractivity contribution in [2.45, 2.75) is 33.3 Å². The number of rotatable bonds is 7. The molecule has 0 bridgehead atoms. The van der Waals surface area contributed by atoms with Gasteiger partial charge < -0.3 is 9.47 Å². The van der Waals surface area contributed by atoms with Gasteiger partial charge in [-0.3, -0.25) is 4.79 Å². The highest BCUT2D eigenvalue weighted by molar-refractivity contribution is 5.84. The van der Waals surface area contributed by atoms with E-state index in [9.17, 15) is 4.79 Å². The Morgan fingerprint density at radius 3 is 2.33 bits per heavy atom. The smallest absolute Gasteiger partial charge is 0.187 e. The Kier molecular flexibility index (Phi) is 7.00. The molecule has 0 saturated heterocycles. The summed E-state index contributed by atoms with van der Waals surface area (Å²) >= 11 is 0. The van der Waals surface area contributed by atoms with Crippen molar-refractivity contribution in [3.05, 3.63) is 0 Å². The predicted octanol–water partition coefficient (Wildman–Crippen LogP) is 1.41. The van der Waals surface area contributed by atoms with Gasteiger partial charge in [-0.05, 0) is 20.3 Å². The van der Waals surface area contributed by atoms with E-state index >= 15 is 0 Å². The Morgan fingerprint density at radius 1 is 1.25 bits per heavy atom. The third kappa shape index (κ3) is 4.46. The van der Waals surface area contributed by atoms with Gasteiger partial charge in [0.25, 0.3) is 0 Å². The van der Waals surface area contributed by atoms with Crippen LogP contribution in [0.4, 0.5) is 0 Å². The topological polar surface area (TPSA) is 35.5 Å². The number of ketones is 1. The molecule has 3 nitrogen and oxygen atoms in total. The lowest BCUT2D eigenvalue weighted by molar-refractivity contribution is -0.135.